The van der Waals surface area contributed by atoms with Crippen molar-refractivity contribution in [2.75, 3.05) is 31.1 Å². The summed E-state index contributed by atoms with van der Waals surface area (Å²) in [5.41, 5.74) is 0. The average molecular weight is 276 g/mol. The second kappa shape index (κ2) is 5.86. The van der Waals surface area contributed by atoms with E-state index in [1.54, 1.807) is 0 Å². The topological polar surface area (TPSA) is 69.6 Å². The Bertz CT molecular complexity index is 366. The van der Waals surface area contributed by atoms with Gasteiger partial charge in [0.1, 0.15) is 0 Å². The highest BCUT2D eigenvalue weighted by atomic mass is 32.2. The first-order valence-electron chi connectivity index (χ1n) is 6.84. The third kappa shape index (κ3) is 3.66. The van der Waals surface area contributed by atoms with Crippen molar-refractivity contribution in [2.45, 2.75) is 44.4 Å². The Morgan fingerprint density at radius 2 is 1.94 bits per heavy atom. The van der Waals surface area contributed by atoms with Crippen LogP contribution < -0.4 is 5.32 Å². The smallest absolute Gasteiger partial charge is 0.154 e. The van der Waals surface area contributed by atoms with Crippen LogP contribution in [0.15, 0.2) is 0 Å². The van der Waals surface area contributed by atoms with Gasteiger partial charge in [0.05, 0.1) is 17.6 Å². The highest BCUT2D eigenvalue weighted by Gasteiger charge is 2.36. The molecule has 0 radical (unpaired) electrons. The Morgan fingerprint density at radius 3 is 2.50 bits per heavy atom. The Hall–Kier alpha value is -0.170. The maximum Gasteiger partial charge on any atom is 0.154 e. The van der Waals surface area contributed by atoms with E-state index in [0.29, 0.717) is 6.04 Å². The minimum Gasteiger partial charge on any atom is -0.390 e. The molecular weight excluding hydrogens is 252 g/mol. The van der Waals surface area contributed by atoms with Gasteiger partial charge in [0.15, 0.2) is 9.84 Å². The number of nitrogens with one attached hydrogen (secondary N) is 1. The van der Waals surface area contributed by atoms with E-state index in [1.807, 2.05) is 0 Å². The molecule has 2 saturated heterocycles. The molecule has 5 nitrogen and oxygen atoms in total. The number of hydrogen-bond donors (Lipinski definition) is 2. The van der Waals surface area contributed by atoms with Crippen molar-refractivity contribution in [2.24, 2.45) is 0 Å². The van der Waals surface area contributed by atoms with Crippen molar-refractivity contribution in [3.63, 3.8) is 0 Å². The molecule has 2 N–H and O–H groups in total. The summed E-state index contributed by atoms with van der Waals surface area (Å²) in [6, 6.07) is 0.114. The van der Waals surface area contributed by atoms with Crippen LogP contribution in [-0.2, 0) is 9.84 Å². The summed E-state index contributed by atoms with van der Waals surface area (Å²) in [6.07, 6.45) is 3.08. The molecule has 0 aromatic heterocycles. The van der Waals surface area contributed by atoms with Crippen molar-refractivity contribution >= 4 is 9.84 Å². The van der Waals surface area contributed by atoms with E-state index >= 15 is 0 Å². The monoisotopic (exact) mass is 276 g/mol. The number of piperidine rings is 1. The molecule has 2 rings (SSSR count). The Balaban J connectivity index is 1.77. The zero-order valence-electron chi connectivity index (χ0n) is 11.0. The van der Waals surface area contributed by atoms with Crippen LogP contribution in [0.3, 0.4) is 0 Å². The lowest BCUT2D eigenvalue weighted by Gasteiger charge is -2.33. The van der Waals surface area contributed by atoms with Gasteiger partial charge in [-0.05, 0) is 32.9 Å². The van der Waals surface area contributed by atoms with Crippen LogP contribution in [0.2, 0.25) is 0 Å². The largest absolute Gasteiger partial charge is 0.390 e. The van der Waals surface area contributed by atoms with E-state index in [2.05, 4.69) is 17.1 Å². The molecule has 3 unspecified atom stereocenters. The summed E-state index contributed by atoms with van der Waals surface area (Å²) in [7, 11) is -3.04. The lowest BCUT2D eigenvalue weighted by Crippen LogP contribution is -2.48. The predicted molar refractivity (Wildman–Crippen MR) is 71.3 cm³/mol. The van der Waals surface area contributed by atoms with Crippen LogP contribution in [0.25, 0.3) is 0 Å². The highest BCUT2D eigenvalue weighted by Crippen LogP contribution is 2.14. The SMILES string of the molecule is CC(CNC1CS(=O)(=O)CC1O)N1CCCCC1. The zero-order chi connectivity index (χ0) is 13.2. The van der Waals surface area contributed by atoms with Gasteiger partial charge < -0.3 is 10.4 Å². The molecule has 2 heterocycles. The Kier molecular flexibility index (Phi) is 4.64. The molecular formula is C12H24N2O3S. The molecule has 3 atom stereocenters. The normalized spacial score (nSPS) is 34.6. The van der Waals surface area contributed by atoms with Gasteiger partial charge in [0.2, 0.25) is 0 Å². The van der Waals surface area contributed by atoms with Crippen molar-refractivity contribution in [1.29, 1.82) is 0 Å². The number of nitrogens with zero attached hydrogens (tertiary/aromatic N) is 1. The fraction of sp³-hybridized carbons (Fsp3) is 1.00. The average Bonchev–Trinajstić information content (AvgIpc) is 2.60. The van der Waals surface area contributed by atoms with Crippen molar-refractivity contribution < 1.29 is 13.5 Å². The zero-order valence-corrected chi connectivity index (χ0v) is 11.8. The number of aliphatic hydroxyl groups excluding tert-OH is 1. The molecule has 0 bridgehead atoms. The van der Waals surface area contributed by atoms with Gasteiger partial charge in [-0.2, -0.15) is 0 Å². The minimum absolute atomic E-state index is 0.0703. The highest BCUT2D eigenvalue weighted by molar-refractivity contribution is 7.91. The molecule has 18 heavy (non-hydrogen) atoms. The summed E-state index contributed by atoms with van der Waals surface area (Å²) in [5, 5.41) is 12.9. The third-order valence-electron chi connectivity index (χ3n) is 4.01. The predicted octanol–water partition coefficient (Wildman–Crippen LogP) is -0.392. The molecule has 0 aromatic carbocycles. The van der Waals surface area contributed by atoms with E-state index < -0.39 is 15.9 Å². The van der Waals surface area contributed by atoms with Crippen molar-refractivity contribution in [3.05, 3.63) is 0 Å². The standard InChI is InChI=1S/C12H24N2O3S/c1-10(14-5-3-2-4-6-14)7-13-11-8-18(16,17)9-12(11)15/h10-13,15H,2-9H2,1H3. The first-order chi connectivity index (χ1) is 8.48. The molecule has 0 aliphatic carbocycles. The van der Waals surface area contributed by atoms with Crippen molar-refractivity contribution in [3.8, 4) is 0 Å². The van der Waals surface area contributed by atoms with Gasteiger partial charge in [-0.25, -0.2) is 8.42 Å². The van der Waals surface area contributed by atoms with E-state index in [9.17, 15) is 13.5 Å². The summed E-state index contributed by atoms with van der Waals surface area (Å²) < 4.78 is 22.8. The van der Waals surface area contributed by atoms with Gasteiger partial charge in [0.25, 0.3) is 0 Å². The second-order valence-corrected chi connectivity index (χ2v) is 7.76. The van der Waals surface area contributed by atoms with Gasteiger partial charge in [-0.15, -0.1) is 0 Å². The van der Waals surface area contributed by atoms with Crippen molar-refractivity contribution in [1.82, 2.24) is 10.2 Å². The maximum atomic E-state index is 11.4. The van der Waals surface area contributed by atoms with E-state index in [1.165, 1.54) is 19.3 Å². The Morgan fingerprint density at radius 1 is 1.28 bits per heavy atom. The first-order valence-corrected chi connectivity index (χ1v) is 8.66. The fourth-order valence-electron chi connectivity index (χ4n) is 2.83. The van der Waals surface area contributed by atoms with Gasteiger partial charge in [-0.3, -0.25) is 4.90 Å². The van der Waals surface area contributed by atoms with Crippen LogP contribution in [0, 0.1) is 0 Å². The summed E-state index contributed by atoms with van der Waals surface area (Å²) in [5.74, 6) is -0.0242. The quantitative estimate of drug-likeness (QED) is 0.732. The molecule has 6 heteroatoms. The van der Waals surface area contributed by atoms with Crippen LogP contribution >= 0.6 is 0 Å². The molecule has 106 valence electrons. The third-order valence-corrected chi connectivity index (χ3v) is 5.73. The van der Waals surface area contributed by atoms with E-state index in [4.69, 9.17) is 0 Å². The maximum absolute atomic E-state index is 11.4. The van der Waals surface area contributed by atoms with E-state index in [-0.39, 0.29) is 17.5 Å². The first kappa shape index (κ1) is 14.2. The lowest BCUT2D eigenvalue weighted by molar-refractivity contribution is 0.142. The molecule has 0 saturated carbocycles. The minimum atomic E-state index is -3.04. The van der Waals surface area contributed by atoms with E-state index in [0.717, 1.165) is 19.6 Å². The van der Waals surface area contributed by atoms with Crippen LogP contribution in [0.4, 0.5) is 0 Å². The summed E-state index contributed by atoms with van der Waals surface area (Å²) in [6.45, 7) is 5.17. The molecule has 0 spiro atoms. The number of aliphatic hydroxyl groups is 1. The number of likely N-dealkylation sites (tertiary alicyclic amines) is 1. The fourth-order valence-corrected chi connectivity index (χ4v) is 4.61. The van der Waals surface area contributed by atoms with Crippen LogP contribution in [0.5, 0.6) is 0 Å². The van der Waals surface area contributed by atoms with Gasteiger partial charge in [-0.1, -0.05) is 6.42 Å². The van der Waals surface area contributed by atoms with Crippen LogP contribution in [0.1, 0.15) is 26.2 Å². The molecule has 2 fully saturated rings. The number of hydrogen-bond acceptors (Lipinski definition) is 5. The molecule has 0 amide bonds. The molecule has 2 aliphatic heterocycles. The summed E-state index contributed by atoms with van der Waals surface area (Å²) in [4.78, 5) is 2.44. The lowest BCUT2D eigenvalue weighted by atomic mass is 10.1. The summed E-state index contributed by atoms with van der Waals surface area (Å²) >= 11 is 0. The molecule has 0 aromatic rings. The Labute approximate surface area is 109 Å². The number of rotatable bonds is 4. The molecule has 2 aliphatic rings. The van der Waals surface area contributed by atoms with Crippen LogP contribution in [-0.4, -0.2) is 67.8 Å². The number of sulfone groups is 1. The van der Waals surface area contributed by atoms with Gasteiger partial charge in [0, 0.05) is 18.6 Å². The second-order valence-electron chi connectivity index (χ2n) is 5.60. The van der Waals surface area contributed by atoms with Gasteiger partial charge >= 0.3 is 0 Å².